The minimum absolute atomic E-state index is 0.549. The third-order valence-electron chi connectivity index (χ3n) is 2.27. The van der Waals surface area contributed by atoms with Gasteiger partial charge in [-0.2, -0.15) is 0 Å². The fourth-order valence-corrected chi connectivity index (χ4v) is 1.41. The maximum Gasteiger partial charge on any atom is 0.145 e. The SMILES string of the molecule is CNCCc1cc(OC)c(N)c(OC)c1. The maximum absolute atomic E-state index is 5.84. The Morgan fingerprint density at radius 2 is 1.73 bits per heavy atom. The van der Waals surface area contributed by atoms with E-state index in [1.54, 1.807) is 14.2 Å². The average Bonchev–Trinajstić information content (AvgIpc) is 2.27. The van der Waals surface area contributed by atoms with Crippen LogP contribution >= 0.6 is 0 Å². The smallest absolute Gasteiger partial charge is 0.145 e. The van der Waals surface area contributed by atoms with Gasteiger partial charge in [0.05, 0.1) is 14.2 Å². The van der Waals surface area contributed by atoms with E-state index in [0.717, 1.165) is 18.5 Å². The molecule has 0 aromatic heterocycles. The van der Waals surface area contributed by atoms with Gasteiger partial charge in [-0.25, -0.2) is 0 Å². The predicted molar refractivity (Wildman–Crippen MR) is 61.6 cm³/mol. The molecule has 0 aliphatic heterocycles. The molecule has 1 aromatic carbocycles. The fourth-order valence-electron chi connectivity index (χ4n) is 1.41. The van der Waals surface area contributed by atoms with Crippen LogP contribution in [0.25, 0.3) is 0 Å². The molecule has 4 nitrogen and oxygen atoms in total. The summed E-state index contributed by atoms with van der Waals surface area (Å²) in [5.74, 6) is 1.33. The van der Waals surface area contributed by atoms with E-state index in [1.807, 2.05) is 19.2 Å². The lowest BCUT2D eigenvalue weighted by molar-refractivity contribution is 0.397. The number of nitrogen functional groups attached to an aromatic ring is 1. The maximum atomic E-state index is 5.84. The number of likely N-dealkylation sites (N-methyl/N-ethyl adjacent to an activating group) is 1. The van der Waals surface area contributed by atoms with Gasteiger partial charge in [0.2, 0.25) is 0 Å². The van der Waals surface area contributed by atoms with Crippen LogP contribution in [-0.2, 0) is 6.42 Å². The normalized spacial score (nSPS) is 10.1. The highest BCUT2D eigenvalue weighted by Crippen LogP contribution is 2.33. The van der Waals surface area contributed by atoms with Crippen LogP contribution in [0.3, 0.4) is 0 Å². The highest BCUT2D eigenvalue weighted by Gasteiger charge is 2.08. The quantitative estimate of drug-likeness (QED) is 0.713. The molecule has 1 rings (SSSR count). The van der Waals surface area contributed by atoms with Crippen LogP contribution in [-0.4, -0.2) is 27.8 Å². The summed E-state index contributed by atoms with van der Waals surface area (Å²) < 4.78 is 10.4. The second kappa shape index (κ2) is 5.46. The molecule has 0 spiro atoms. The monoisotopic (exact) mass is 210 g/mol. The highest BCUT2D eigenvalue weighted by atomic mass is 16.5. The molecule has 4 heteroatoms. The molecule has 0 amide bonds. The lowest BCUT2D eigenvalue weighted by Gasteiger charge is -2.12. The van der Waals surface area contributed by atoms with Crippen LogP contribution < -0.4 is 20.5 Å². The van der Waals surface area contributed by atoms with Gasteiger partial charge in [0, 0.05) is 0 Å². The van der Waals surface area contributed by atoms with Gasteiger partial charge in [-0.05, 0) is 37.7 Å². The van der Waals surface area contributed by atoms with Crippen molar-refractivity contribution in [3.63, 3.8) is 0 Å². The summed E-state index contributed by atoms with van der Waals surface area (Å²) in [7, 11) is 5.13. The van der Waals surface area contributed by atoms with Gasteiger partial charge < -0.3 is 20.5 Å². The molecule has 0 bridgehead atoms. The lowest BCUT2D eigenvalue weighted by atomic mass is 10.1. The van der Waals surface area contributed by atoms with E-state index in [9.17, 15) is 0 Å². The van der Waals surface area contributed by atoms with E-state index in [2.05, 4.69) is 5.32 Å². The van der Waals surface area contributed by atoms with Gasteiger partial charge in [0.25, 0.3) is 0 Å². The molecule has 0 saturated heterocycles. The molecule has 0 fully saturated rings. The third-order valence-corrected chi connectivity index (χ3v) is 2.27. The molecule has 84 valence electrons. The number of nitrogens with one attached hydrogen (secondary N) is 1. The van der Waals surface area contributed by atoms with Crippen LogP contribution in [0.1, 0.15) is 5.56 Å². The Bertz CT molecular complexity index is 301. The molecule has 0 unspecified atom stereocenters. The van der Waals surface area contributed by atoms with Crippen molar-refractivity contribution in [2.24, 2.45) is 0 Å². The standard InChI is InChI=1S/C11H18N2O2/c1-13-5-4-8-6-9(14-2)11(12)10(7-8)15-3/h6-7,13H,4-5,12H2,1-3H3. The Hall–Kier alpha value is -1.42. The summed E-state index contributed by atoms with van der Waals surface area (Å²) in [6.07, 6.45) is 0.920. The van der Waals surface area contributed by atoms with E-state index in [1.165, 1.54) is 0 Å². The van der Waals surface area contributed by atoms with Gasteiger partial charge in [-0.1, -0.05) is 0 Å². The van der Waals surface area contributed by atoms with Crippen LogP contribution in [0.5, 0.6) is 11.5 Å². The van der Waals surface area contributed by atoms with Gasteiger partial charge in [0.1, 0.15) is 17.2 Å². The number of benzene rings is 1. The molecular formula is C11H18N2O2. The molecule has 0 radical (unpaired) electrons. The first-order chi connectivity index (χ1) is 7.22. The van der Waals surface area contributed by atoms with Gasteiger partial charge in [-0.3, -0.25) is 0 Å². The van der Waals surface area contributed by atoms with Crippen molar-refractivity contribution in [3.05, 3.63) is 17.7 Å². The molecule has 3 N–H and O–H groups in total. The third kappa shape index (κ3) is 2.76. The molecule has 0 atom stereocenters. The van der Waals surface area contributed by atoms with Crippen LogP contribution in [0.15, 0.2) is 12.1 Å². The Balaban J connectivity index is 2.98. The Morgan fingerprint density at radius 1 is 1.20 bits per heavy atom. The van der Waals surface area contributed by atoms with E-state index in [4.69, 9.17) is 15.2 Å². The number of rotatable bonds is 5. The minimum atomic E-state index is 0.549. The molecule has 0 saturated carbocycles. The molecule has 15 heavy (non-hydrogen) atoms. The van der Waals surface area contributed by atoms with E-state index < -0.39 is 0 Å². The van der Waals surface area contributed by atoms with Gasteiger partial charge in [-0.15, -0.1) is 0 Å². The first-order valence-electron chi connectivity index (χ1n) is 4.88. The Labute approximate surface area is 90.4 Å². The van der Waals surface area contributed by atoms with Crippen molar-refractivity contribution in [2.75, 3.05) is 33.5 Å². The van der Waals surface area contributed by atoms with E-state index >= 15 is 0 Å². The summed E-state index contributed by atoms with van der Waals surface area (Å²) in [6, 6.07) is 3.88. The van der Waals surface area contributed by atoms with E-state index in [0.29, 0.717) is 17.2 Å². The number of nitrogens with two attached hydrogens (primary N) is 1. The first kappa shape index (κ1) is 11.7. The Morgan fingerprint density at radius 3 is 2.13 bits per heavy atom. The number of anilines is 1. The predicted octanol–water partition coefficient (Wildman–Crippen LogP) is 1.05. The minimum Gasteiger partial charge on any atom is -0.494 e. The van der Waals surface area contributed by atoms with Crippen molar-refractivity contribution < 1.29 is 9.47 Å². The summed E-state index contributed by atoms with van der Waals surface area (Å²) in [6.45, 7) is 0.913. The lowest BCUT2D eigenvalue weighted by Crippen LogP contribution is -2.10. The van der Waals surface area contributed by atoms with Crippen LogP contribution in [0, 0.1) is 0 Å². The van der Waals surface area contributed by atoms with Crippen LogP contribution in [0.4, 0.5) is 5.69 Å². The molecule has 0 aliphatic carbocycles. The second-order valence-electron chi connectivity index (χ2n) is 3.27. The zero-order chi connectivity index (χ0) is 11.3. The summed E-state index contributed by atoms with van der Waals surface area (Å²) >= 11 is 0. The molecule has 1 aromatic rings. The molecule has 0 aliphatic rings. The summed E-state index contributed by atoms with van der Waals surface area (Å²) in [5.41, 5.74) is 7.53. The van der Waals surface area contributed by atoms with Crippen molar-refractivity contribution in [1.82, 2.24) is 5.32 Å². The van der Waals surface area contributed by atoms with Gasteiger partial charge >= 0.3 is 0 Å². The molecular weight excluding hydrogens is 192 g/mol. The Kier molecular flexibility index (Phi) is 4.24. The number of methoxy groups -OCH3 is 2. The van der Waals surface area contributed by atoms with E-state index in [-0.39, 0.29) is 0 Å². The summed E-state index contributed by atoms with van der Waals surface area (Å²) in [5, 5.41) is 3.09. The van der Waals surface area contributed by atoms with Gasteiger partial charge in [0.15, 0.2) is 0 Å². The van der Waals surface area contributed by atoms with Crippen molar-refractivity contribution in [1.29, 1.82) is 0 Å². The highest BCUT2D eigenvalue weighted by molar-refractivity contribution is 5.64. The zero-order valence-corrected chi connectivity index (χ0v) is 9.46. The number of ether oxygens (including phenoxy) is 2. The second-order valence-corrected chi connectivity index (χ2v) is 3.27. The van der Waals surface area contributed by atoms with Crippen molar-refractivity contribution >= 4 is 5.69 Å². The topological polar surface area (TPSA) is 56.5 Å². The number of hydrogen-bond acceptors (Lipinski definition) is 4. The largest absolute Gasteiger partial charge is 0.494 e. The zero-order valence-electron chi connectivity index (χ0n) is 9.46. The summed E-state index contributed by atoms with van der Waals surface area (Å²) in [4.78, 5) is 0. The number of hydrogen-bond donors (Lipinski definition) is 2. The first-order valence-corrected chi connectivity index (χ1v) is 4.88. The fraction of sp³-hybridized carbons (Fsp3) is 0.455. The average molecular weight is 210 g/mol. The van der Waals surface area contributed by atoms with Crippen molar-refractivity contribution in [2.45, 2.75) is 6.42 Å². The van der Waals surface area contributed by atoms with Crippen molar-refractivity contribution in [3.8, 4) is 11.5 Å². The molecule has 0 heterocycles. The van der Waals surface area contributed by atoms with Crippen LogP contribution in [0.2, 0.25) is 0 Å².